The third-order valence-electron chi connectivity index (χ3n) is 5.73. The number of hydrogen-bond acceptors (Lipinski definition) is 8. The zero-order valence-electron chi connectivity index (χ0n) is 18.9. The van der Waals surface area contributed by atoms with Gasteiger partial charge in [-0.3, -0.25) is 19.5 Å². The van der Waals surface area contributed by atoms with Crippen molar-refractivity contribution >= 4 is 55.7 Å². The molecule has 0 aliphatic carbocycles. The first-order chi connectivity index (χ1) is 17.3. The molecule has 36 heavy (non-hydrogen) atoms. The van der Waals surface area contributed by atoms with Crippen LogP contribution in [-0.4, -0.2) is 41.0 Å². The number of amides is 1. The lowest BCUT2D eigenvalue weighted by Crippen LogP contribution is -2.29. The predicted molar refractivity (Wildman–Crippen MR) is 133 cm³/mol. The van der Waals surface area contributed by atoms with Gasteiger partial charge in [-0.05, 0) is 35.9 Å². The molecule has 3 heterocycles. The van der Waals surface area contributed by atoms with Crippen molar-refractivity contribution in [1.29, 1.82) is 0 Å². The van der Waals surface area contributed by atoms with Crippen molar-refractivity contribution in [1.82, 2.24) is 9.97 Å². The number of Topliss-reactive ketones (excluding diaryl/α,β-unsaturated/α-hetero) is 1. The number of anilines is 1. The number of ether oxygens (including phenoxy) is 2. The molecule has 0 spiro atoms. The molecule has 4 aromatic rings. The van der Waals surface area contributed by atoms with Crippen molar-refractivity contribution < 1.29 is 28.6 Å². The second-order valence-electron chi connectivity index (χ2n) is 7.72. The number of hydrogen-bond donors (Lipinski definition) is 1. The van der Waals surface area contributed by atoms with E-state index in [1.165, 1.54) is 37.4 Å². The van der Waals surface area contributed by atoms with Crippen molar-refractivity contribution in [2.75, 3.05) is 19.1 Å². The average molecular weight is 526 g/mol. The fraction of sp³-hybridized carbons (Fsp3) is 0.120. The fourth-order valence-electron chi connectivity index (χ4n) is 4.12. The third kappa shape index (κ3) is 3.75. The molecule has 1 fully saturated rings. The van der Waals surface area contributed by atoms with Crippen LogP contribution in [0, 0.1) is 5.82 Å². The highest BCUT2D eigenvalue weighted by molar-refractivity contribution is 7.22. The SMILES string of the molecule is COc1cccc(OC)c1/C(O)=C1\C(=O)C(=O)N(c2nc3cc(Cl)c(F)cc3s2)C1c1cccnc1. The molecule has 1 aliphatic rings. The standard InChI is InChI=1S/C25H17ClFN3O5S/c1-34-16-6-3-7-17(35-2)19(16)22(31)20-21(12-5-4-8-28-11-12)30(24(33)23(20)32)25-29-15-9-13(26)14(27)10-18(15)36-25/h3-11,21,31H,1-2H3/b22-20+. The van der Waals surface area contributed by atoms with Crippen molar-refractivity contribution in [3.05, 3.63) is 82.4 Å². The molecule has 2 aromatic carbocycles. The smallest absolute Gasteiger partial charge is 0.301 e. The van der Waals surface area contributed by atoms with E-state index in [4.69, 9.17) is 21.1 Å². The van der Waals surface area contributed by atoms with Gasteiger partial charge in [-0.1, -0.05) is 35.1 Å². The highest BCUT2D eigenvalue weighted by atomic mass is 35.5. The van der Waals surface area contributed by atoms with Crippen LogP contribution in [-0.2, 0) is 9.59 Å². The first kappa shape index (κ1) is 23.7. The highest BCUT2D eigenvalue weighted by Gasteiger charge is 2.48. The van der Waals surface area contributed by atoms with Crippen LogP contribution in [0.25, 0.3) is 16.0 Å². The lowest BCUT2D eigenvalue weighted by molar-refractivity contribution is -0.132. The molecule has 182 valence electrons. The van der Waals surface area contributed by atoms with Gasteiger partial charge in [0.15, 0.2) is 5.13 Å². The van der Waals surface area contributed by atoms with Gasteiger partial charge in [0.2, 0.25) is 0 Å². The Morgan fingerprint density at radius 1 is 1.14 bits per heavy atom. The predicted octanol–water partition coefficient (Wildman–Crippen LogP) is 5.13. The van der Waals surface area contributed by atoms with Gasteiger partial charge in [-0.2, -0.15) is 0 Å². The van der Waals surface area contributed by atoms with Crippen LogP contribution in [0.15, 0.2) is 60.4 Å². The minimum absolute atomic E-state index is 0.117. The van der Waals surface area contributed by atoms with Crippen LogP contribution in [0.5, 0.6) is 11.5 Å². The minimum Gasteiger partial charge on any atom is -0.506 e. The zero-order valence-corrected chi connectivity index (χ0v) is 20.4. The lowest BCUT2D eigenvalue weighted by Gasteiger charge is -2.23. The van der Waals surface area contributed by atoms with E-state index in [1.807, 2.05) is 0 Å². The Hall–Kier alpha value is -4.02. The fourth-order valence-corrected chi connectivity index (χ4v) is 5.27. The summed E-state index contributed by atoms with van der Waals surface area (Å²) in [5.74, 6) is -2.47. The van der Waals surface area contributed by atoms with E-state index in [1.54, 1.807) is 36.5 Å². The lowest BCUT2D eigenvalue weighted by atomic mass is 9.95. The number of aromatic nitrogens is 2. The molecule has 1 atom stereocenters. The van der Waals surface area contributed by atoms with E-state index in [-0.39, 0.29) is 32.8 Å². The van der Waals surface area contributed by atoms with Gasteiger partial charge in [-0.15, -0.1) is 0 Å². The van der Waals surface area contributed by atoms with Crippen LogP contribution in [0.3, 0.4) is 0 Å². The molecule has 1 N–H and O–H groups in total. The molecule has 0 bridgehead atoms. The molecule has 1 amide bonds. The Labute approximate surface area is 213 Å². The number of pyridine rings is 1. The topological polar surface area (TPSA) is 102 Å². The summed E-state index contributed by atoms with van der Waals surface area (Å²) in [5, 5.41) is 11.5. The second-order valence-corrected chi connectivity index (χ2v) is 9.14. The molecule has 1 unspecified atom stereocenters. The first-order valence-electron chi connectivity index (χ1n) is 10.5. The monoisotopic (exact) mass is 525 g/mol. The van der Waals surface area contributed by atoms with Crippen LogP contribution in [0.1, 0.15) is 17.2 Å². The molecular formula is C25H17ClFN3O5S. The number of ketones is 1. The largest absolute Gasteiger partial charge is 0.506 e. The second kappa shape index (κ2) is 9.21. The summed E-state index contributed by atoms with van der Waals surface area (Å²) < 4.78 is 25.3. The number of thiazole rings is 1. The van der Waals surface area contributed by atoms with Crippen molar-refractivity contribution in [2.45, 2.75) is 6.04 Å². The summed E-state index contributed by atoms with van der Waals surface area (Å²) in [7, 11) is 2.82. The summed E-state index contributed by atoms with van der Waals surface area (Å²) in [6.45, 7) is 0. The summed E-state index contributed by atoms with van der Waals surface area (Å²) >= 11 is 6.92. The van der Waals surface area contributed by atoms with Crippen molar-refractivity contribution in [3.8, 4) is 11.5 Å². The number of nitrogens with zero attached hydrogens (tertiary/aromatic N) is 3. The van der Waals surface area contributed by atoms with Gasteiger partial charge in [0.1, 0.15) is 28.6 Å². The number of carbonyl (C=O) groups excluding carboxylic acids is 2. The Morgan fingerprint density at radius 3 is 2.50 bits per heavy atom. The molecule has 5 rings (SSSR count). The maximum atomic E-state index is 14.1. The summed E-state index contributed by atoms with van der Waals surface area (Å²) in [6, 6.07) is 9.66. The number of aliphatic hydroxyl groups is 1. The van der Waals surface area contributed by atoms with Crippen molar-refractivity contribution in [3.63, 3.8) is 0 Å². The molecule has 2 aromatic heterocycles. The first-order valence-corrected chi connectivity index (χ1v) is 11.7. The summed E-state index contributed by atoms with van der Waals surface area (Å²) in [6.07, 6.45) is 3.03. The molecule has 8 nitrogen and oxygen atoms in total. The van der Waals surface area contributed by atoms with E-state index in [9.17, 15) is 19.1 Å². The normalized spacial score (nSPS) is 17.1. The average Bonchev–Trinajstić information content (AvgIpc) is 3.41. The van der Waals surface area contributed by atoms with Gasteiger partial charge >= 0.3 is 5.91 Å². The van der Waals surface area contributed by atoms with Gasteiger partial charge in [-0.25, -0.2) is 9.37 Å². The number of halogens is 2. The Balaban J connectivity index is 1.77. The van der Waals surface area contributed by atoms with Gasteiger partial charge in [0.25, 0.3) is 5.78 Å². The molecule has 0 radical (unpaired) electrons. The Kier molecular flexibility index (Phi) is 6.07. The molecule has 11 heteroatoms. The van der Waals surface area contributed by atoms with E-state index in [0.717, 1.165) is 11.3 Å². The number of fused-ring (bicyclic) bond motifs is 1. The van der Waals surface area contributed by atoms with Gasteiger partial charge < -0.3 is 14.6 Å². The number of benzene rings is 2. The number of carbonyl (C=O) groups is 2. The quantitative estimate of drug-likeness (QED) is 0.219. The molecule has 0 saturated carbocycles. The van der Waals surface area contributed by atoms with Crippen LogP contribution < -0.4 is 14.4 Å². The van der Waals surface area contributed by atoms with Gasteiger partial charge in [0.05, 0.1) is 41.1 Å². The molecule has 1 saturated heterocycles. The summed E-state index contributed by atoms with van der Waals surface area (Å²) in [4.78, 5) is 36.5. The van der Waals surface area contributed by atoms with Crippen molar-refractivity contribution in [2.24, 2.45) is 0 Å². The van der Waals surface area contributed by atoms with E-state index in [0.29, 0.717) is 15.8 Å². The van der Waals surface area contributed by atoms with Crippen LogP contribution in [0.2, 0.25) is 5.02 Å². The summed E-state index contributed by atoms with van der Waals surface area (Å²) in [5.41, 5.74) is 0.738. The Bertz CT molecular complexity index is 1500. The maximum Gasteiger partial charge on any atom is 0.301 e. The number of methoxy groups -OCH3 is 2. The number of rotatable bonds is 5. The van der Waals surface area contributed by atoms with Crippen LogP contribution >= 0.6 is 22.9 Å². The van der Waals surface area contributed by atoms with E-state index in [2.05, 4.69) is 9.97 Å². The van der Waals surface area contributed by atoms with Crippen LogP contribution in [0.4, 0.5) is 9.52 Å². The molecular weight excluding hydrogens is 509 g/mol. The highest BCUT2D eigenvalue weighted by Crippen LogP contribution is 2.46. The maximum absolute atomic E-state index is 14.1. The van der Waals surface area contributed by atoms with E-state index >= 15 is 0 Å². The molecule has 1 aliphatic heterocycles. The zero-order chi connectivity index (χ0) is 25.6. The third-order valence-corrected chi connectivity index (χ3v) is 7.04. The minimum atomic E-state index is -1.07. The van der Waals surface area contributed by atoms with Gasteiger partial charge in [0, 0.05) is 12.4 Å². The Morgan fingerprint density at radius 2 is 1.86 bits per heavy atom. The van der Waals surface area contributed by atoms with E-state index < -0.39 is 29.3 Å². The number of aliphatic hydroxyl groups excluding tert-OH is 1.